The van der Waals surface area contributed by atoms with Gasteiger partial charge in [-0.3, -0.25) is 19.4 Å². The fourth-order valence-electron chi connectivity index (χ4n) is 5.79. The van der Waals surface area contributed by atoms with Crippen LogP contribution in [0, 0.1) is 11.8 Å². The van der Waals surface area contributed by atoms with Crippen molar-refractivity contribution in [2.45, 2.75) is 55.1 Å². The van der Waals surface area contributed by atoms with E-state index in [4.69, 9.17) is 53.9 Å². The largest absolute Gasteiger partial charge is 0.492 e. The molecule has 2 bridgehead atoms. The number of nitrogens with one attached hydrogen (secondary N) is 1. The van der Waals surface area contributed by atoms with Crippen molar-refractivity contribution in [3.8, 4) is 40.6 Å². The number of nitrogens with two attached hydrogens (primary N) is 1. The van der Waals surface area contributed by atoms with Crippen molar-refractivity contribution in [2.75, 3.05) is 26.6 Å². The number of ether oxygens (including phenoxy) is 6. The van der Waals surface area contributed by atoms with Gasteiger partial charge in [-0.25, -0.2) is 5.48 Å². The number of nitrogens with zero attached hydrogens (tertiary/aromatic N) is 1. The highest BCUT2D eigenvalue weighted by Gasteiger charge is 2.57. The van der Waals surface area contributed by atoms with E-state index in [2.05, 4.69) is 22.3 Å². The number of aliphatic hydroxyl groups excluding tert-OH is 1. The number of hydrogen-bond donors (Lipinski definition) is 5. The van der Waals surface area contributed by atoms with Crippen molar-refractivity contribution in [3.05, 3.63) is 41.5 Å². The van der Waals surface area contributed by atoms with Crippen LogP contribution in [0.4, 0.5) is 0 Å². The Morgan fingerprint density at radius 1 is 1.11 bits per heavy atom. The molecular formula is C30H29N3O14. The third-order valence-electron chi connectivity index (χ3n) is 8.00. The first-order valence-corrected chi connectivity index (χ1v) is 14.6. The van der Waals surface area contributed by atoms with Gasteiger partial charge in [0.15, 0.2) is 23.4 Å². The van der Waals surface area contributed by atoms with Crippen LogP contribution in [0.25, 0.3) is 0 Å². The molecule has 0 amide bonds. The van der Waals surface area contributed by atoms with Crippen LogP contribution in [0.1, 0.15) is 36.0 Å². The molecule has 7 rings (SSSR count). The quantitative estimate of drug-likeness (QED) is 0.0854. The minimum atomic E-state index is -2.49. The molecule has 17 heteroatoms. The maximum atomic E-state index is 11.9. The molecular weight excluding hydrogens is 626 g/mol. The van der Waals surface area contributed by atoms with Gasteiger partial charge in [-0.15, -0.1) is 0 Å². The Hall–Kier alpha value is -4.99. The average Bonchev–Trinajstić information content (AvgIpc) is 3.65. The summed E-state index contributed by atoms with van der Waals surface area (Å²) >= 11 is 0. The number of benzene rings is 2. The number of aliphatic hydroxyl groups is 2. The number of hydroxylamine groups is 1. The lowest BCUT2D eigenvalue weighted by Gasteiger charge is -2.45. The van der Waals surface area contributed by atoms with E-state index in [-0.39, 0.29) is 37.4 Å². The number of carbonyl (C=O) groups is 2. The van der Waals surface area contributed by atoms with Gasteiger partial charge in [0.2, 0.25) is 18.9 Å². The molecule has 0 aliphatic carbocycles. The van der Waals surface area contributed by atoms with Crippen LogP contribution in [0.15, 0.2) is 35.3 Å². The number of carboxylic acid groups (broad SMARTS) is 1. The van der Waals surface area contributed by atoms with Crippen LogP contribution in [-0.4, -0.2) is 90.0 Å². The molecule has 17 nitrogen and oxygen atoms in total. The monoisotopic (exact) mass is 655 g/mol. The molecule has 248 valence electrons. The molecule has 2 aromatic rings. The first-order valence-electron chi connectivity index (χ1n) is 14.6. The molecule has 5 aliphatic rings. The molecule has 5 aliphatic heterocycles. The molecule has 1 fully saturated rings. The van der Waals surface area contributed by atoms with Gasteiger partial charge in [0, 0.05) is 23.6 Å². The highest BCUT2D eigenvalue weighted by Crippen LogP contribution is 2.54. The molecule has 1 saturated heterocycles. The molecule has 2 aromatic carbocycles. The molecule has 5 heterocycles. The molecule has 47 heavy (non-hydrogen) atoms. The Kier molecular flexibility index (Phi) is 8.03. The van der Waals surface area contributed by atoms with Gasteiger partial charge in [-0.2, -0.15) is 4.89 Å². The first kappa shape index (κ1) is 30.7. The molecule has 6 N–H and O–H groups in total. The summed E-state index contributed by atoms with van der Waals surface area (Å²) in [5, 5.41) is 31.6. The number of aliphatic carboxylic acids is 1. The number of carboxylic acids is 1. The standard InChI is InChI=1S/C30H29N3O14/c31-29-32-6-2-1-5-30(38)28(27(45-33-29)25(37)22(44-30)12-40-24(36)10-23(34)35)47-46-14-3-4-18-16(7-14)26-17(11-39-18)15-8-20-21(42-13-41-20)9-19(15)43-26/h3-4,7-9,17,22,25-28,37-38H,2,6,10-13H2,(H,34,35)(H3,31,32,33)/t17-,22-,25-,26+,27-,28+,30-/m1/s1. The smallest absolute Gasteiger partial charge is 0.317 e. The van der Waals surface area contributed by atoms with Crippen LogP contribution in [0.3, 0.4) is 0 Å². The summed E-state index contributed by atoms with van der Waals surface area (Å²) in [7, 11) is 0. The number of rotatable bonds is 7. The lowest BCUT2D eigenvalue weighted by Crippen LogP contribution is -2.67. The summed E-state index contributed by atoms with van der Waals surface area (Å²) in [4.78, 5) is 43.7. The molecule has 7 atom stereocenters. The summed E-state index contributed by atoms with van der Waals surface area (Å²) in [6, 6.07) is 8.58. The second-order valence-corrected chi connectivity index (χ2v) is 11.1. The van der Waals surface area contributed by atoms with Crippen LogP contribution in [0.2, 0.25) is 0 Å². The van der Waals surface area contributed by atoms with Crippen molar-refractivity contribution >= 4 is 17.9 Å². The van der Waals surface area contributed by atoms with Crippen molar-refractivity contribution < 1.29 is 67.9 Å². The zero-order chi connectivity index (χ0) is 32.7. The number of fused-ring (bicyclic) bond motifs is 8. The number of carbonyl (C=O) groups excluding carboxylic acids is 1. The number of hydrogen-bond acceptors (Lipinski definition) is 16. The van der Waals surface area contributed by atoms with E-state index >= 15 is 0 Å². The highest BCUT2D eigenvalue weighted by molar-refractivity contribution is 5.90. The molecule has 0 unspecified atom stereocenters. The summed E-state index contributed by atoms with van der Waals surface area (Å²) < 4.78 is 34.0. The van der Waals surface area contributed by atoms with Crippen molar-refractivity contribution in [2.24, 2.45) is 10.7 Å². The Labute approximate surface area is 265 Å². The predicted octanol–water partition coefficient (Wildman–Crippen LogP) is -0.218. The van der Waals surface area contributed by atoms with E-state index in [0.29, 0.717) is 35.2 Å². The van der Waals surface area contributed by atoms with Gasteiger partial charge < -0.3 is 54.4 Å². The SMILES string of the molecule is NC1=NCCC#C[C@@]2(O)O[C@H](COC(=O)CC(=O)O)[C@@H](O)[C@@H](ON1)[C@@H]2OOc1ccc2c(c1)[C@@H]1Oc3cc4c(cc3[C@H]1CO2)OCO4. The van der Waals surface area contributed by atoms with Crippen molar-refractivity contribution in [3.63, 3.8) is 0 Å². The third-order valence-corrected chi connectivity index (χ3v) is 8.00. The van der Waals surface area contributed by atoms with Crippen LogP contribution < -0.4 is 35.0 Å². The fourth-order valence-corrected chi connectivity index (χ4v) is 5.79. The van der Waals surface area contributed by atoms with Gasteiger partial charge in [0.1, 0.15) is 42.8 Å². The van der Waals surface area contributed by atoms with Crippen LogP contribution in [0.5, 0.6) is 28.7 Å². The molecule has 0 saturated carbocycles. The lowest BCUT2D eigenvalue weighted by molar-refractivity contribution is -0.396. The first-order chi connectivity index (χ1) is 22.7. The van der Waals surface area contributed by atoms with E-state index < -0.39 is 61.3 Å². The summed E-state index contributed by atoms with van der Waals surface area (Å²) in [6.07, 6.45) is -7.45. The maximum absolute atomic E-state index is 11.9. The summed E-state index contributed by atoms with van der Waals surface area (Å²) in [5.41, 5.74) is 9.81. The van der Waals surface area contributed by atoms with Gasteiger partial charge in [-0.05, 0) is 30.2 Å². The second kappa shape index (κ2) is 12.3. The molecule has 0 aromatic heterocycles. The minimum absolute atomic E-state index is 0.139. The Morgan fingerprint density at radius 2 is 1.94 bits per heavy atom. The number of aliphatic imine (C=N–C) groups is 1. The Morgan fingerprint density at radius 3 is 2.77 bits per heavy atom. The van der Waals surface area contributed by atoms with Gasteiger partial charge in [0.05, 0.1) is 19.1 Å². The number of esters is 1. The molecule has 0 radical (unpaired) electrons. The van der Waals surface area contributed by atoms with Gasteiger partial charge in [-0.1, -0.05) is 5.92 Å². The third kappa shape index (κ3) is 6.00. The summed E-state index contributed by atoms with van der Waals surface area (Å²) in [5.74, 6) is 2.63. The molecule has 0 spiro atoms. The minimum Gasteiger partial charge on any atom is -0.492 e. The van der Waals surface area contributed by atoms with Crippen molar-refractivity contribution in [1.82, 2.24) is 5.48 Å². The summed E-state index contributed by atoms with van der Waals surface area (Å²) in [6.45, 7) is 0.00517. The Bertz CT molecular complexity index is 1670. The normalized spacial score (nSPS) is 29.8. The van der Waals surface area contributed by atoms with Crippen LogP contribution >= 0.6 is 0 Å². The van der Waals surface area contributed by atoms with E-state index in [9.17, 15) is 19.8 Å². The second-order valence-electron chi connectivity index (χ2n) is 11.1. The lowest BCUT2D eigenvalue weighted by atomic mass is 9.89. The van der Waals surface area contributed by atoms with E-state index in [1.54, 1.807) is 24.3 Å². The fraction of sp³-hybridized carbons (Fsp3) is 0.433. The maximum Gasteiger partial charge on any atom is 0.317 e. The zero-order valence-corrected chi connectivity index (χ0v) is 24.5. The number of guanidine groups is 1. The van der Waals surface area contributed by atoms with Gasteiger partial charge >= 0.3 is 11.9 Å². The average molecular weight is 656 g/mol. The zero-order valence-electron chi connectivity index (χ0n) is 24.5. The van der Waals surface area contributed by atoms with E-state index in [0.717, 1.165) is 5.56 Å². The van der Waals surface area contributed by atoms with Crippen molar-refractivity contribution in [1.29, 1.82) is 0 Å². The topological polar surface area (TPSA) is 228 Å². The predicted molar refractivity (Wildman–Crippen MR) is 152 cm³/mol. The van der Waals surface area contributed by atoms with E-state index in [1.165, 1.54) is 0 Å². The van der Waals surface area contributed by atoms with E-state index in [1.807, 2.05) is 6.07 Å². The Balaban J connectivity index is 1.12. The van der Waals surface area contributed by atoms with Gasteiger partial charge in [0.25, 0.3) is 5.79 Å². The van der Waals surface area contributed by atoms with Crippen LogP contribution in [-0.2, 0) is 28.8 Å². The highest BCUT2D eigenvalue weighted by atomic mass is 17.2.